The van der Waals surface area contributed by atoms with Crippen molar-refractivity contribution in [2.24, 2.45) is 0 Å². The number of hydrogen-bond donors (Lipinski definition) is 2. The molecule has 4 heteroatoms. The molecule has 0 aromatic heterocycles. The Kier molecular flexibility index (Phi) is 6.67. The molecule has 0 aliphatic heterocycles. The predicted molar refractivity (Wildman–Crippen MR) is 113 cm³/mol. The van der Waals surface area contributed by atoms with Gasteiger partial charge in [-0.15, -0.1) is 0 Å². The summed E-state index contributed by atoms with van der Waals surface area (Å²) in [6, 6.07) is 6.97. The number of carbonyl (C=O) groups excluding carboxylic acids is 1. The first kappa shape index (κ1) is 20.0. The van der Waals surface area contributed by atoms with Crippen LogP contribution in [-0.4, -0.2) is 23.7 Å². The predicted octanol–water partition coefficient (Wildman–Crippen LogP) is 6.13. The smallest absolute Gasteiger partial charge is 0.338 e. The minimum atomic E-state index is -0.479. The minimum Gasteiger partial charge on any atom is -0.456 e. The van der Waals surface area contributed by atoms with Gasteiger partial charge in [-0.2, -0.15) is 0 Å². The SMILES string of the molecule is CC(C)(C)OC(=O)c1ccc(NC2CCCCC2)c(NC2CCCCC2)c1. The minimum absolute atomic E-state index is 0.251. The van der Waals surface area contributed by atoms with Crippen LogP contribution in [0.1, 0.15) is 95.3 Å². The Morgan fingerprint density at radius 3 is 1.89 bits per heavy atom. The summed E-state index contributed by atoms with van der Waals surface area (Å²) in [6.45, 7) is 5.72. The van der Waals surface area contributed by atoms with Gasteiger partial charge in [0.25, 0.3) is 0 Å². The molecule has 1 aromatic rings. The van der Waals surface area contributed by atoms with Crippen LogP contribution >= 0.6 is 0 Å². The Morgan fingerprint density at radius 2 is 1.37 bits per heavy atom. The van der Waals surface area contributed by atoms with Crippen LogP contribution in [0.15, 0.2) is 18.2 Å². The van der Waals surface area contributed by atoms with E-state index in [0.29, 0.717) is 17.6 Å². The van der Waals surface area contributed by atoms with Crippen molar-refractivity contribution in [1.29, 1.82) is 0 Å². The van der Waals surface area contributed by atoms with Gasteiger partial charge >= 0.3 is 5.97 Å². The van der Waals surface area contributed by atoms with Crippen molar-refractivity contribution in [2.45, 2.75) is 103 Å². The molecule has 0 heterocycles. The number of anilines is 2. The summed E-state index contributed by atoms with van der Waals surface area (Å²) in [5.41, 5.74) is 2.32. The Balaban J connectivity index is 1.78. The topological polar surface area (TPSA) is 50.4 Å². The fourth-order valence-corrected chi connectivity index (χ4v) is 4.19. The first-order chi connectivity index (χ1) is 12.9. The van der Waals surface area contributed by atoms with Crippen LogP contribution in [0.5, 0.6) is 0 Å². The van der Waals surface area contributed by atoms with Crippen LogP contribution in [0.3, 0.4) is 0 Å². The molecule has 0 atom stereocenters. The van der Waals surface area contributed by atoms with E-state index in [4.69, 9.17) is 4.74 Å². The Bertz CT molecular complexity index is 624. The molecule has 4 nitrogen and oxygen atoms in total. The molecular weight excluding hydrogens is 336 g/mol. The summed E-state index contributed by atoms with van der Waals surface area (Å²) in [5, 5.41) is 7.47. The molecular formula is C23H36N2O2. The molecule has 0 bridgehead atoms. The lowest BCUT2D eigenvalue weighted by Crippen LogP contribution is -2.27. The van der Waals surface area contributed by atoms with Gasteiger partial charge in [0.15, 0.2) is 0 Å². The molecule has 3 rings (SSSR count). The molecule has 0 spiro atoms. The Morgan fingerprint density at radius 1 is 0.852 bits per heavy atom. The van der Waals surface area contributed by atoms with E-state index in [-0.39, 0.29) is 5.97 Å². The van der Waals surface area contributed by atoms with Gasteiger partial charge in [-0.1, -0.05) is 38.5 Å². The maximum absolute atomic E-state index is 12.5. The van der Waals surface area contributed by atoms with Crippen molar-refractivity contribution in [3.63, 3.8) is 0 Å². The van der Waals surface area contributed by atoms with Crippen molar-refractivity contribution in [1.82, 2.24) is 0 Å². The second kappa shape index (κ2) is 8.99. The molecule has 0 radical (unpaired) electrons. The van der Waals surface area contributed by atoms with E-state index in [1.54, 1.807) is 0 Å². The monoisotopic (exact) mass is 372 g/mol. The number of nitrogens with one attached hydrogen (secondary N) is 2. The van der Waals surface area contributed by atoms with Crippen molar-refractivity contribution in [3.8, 4) is 0 Å². The summed E-state index contributed by atoms with van der Waals surface area (Å²) in [5.74, 6) is -0.251. The first-order valence-electron chi connectivity index (χ1n) is 10.8. The van der Waals surface area contributed by atoms with Crippen LogP contribution < -0.4 is 10.6 Å². The molecule has 0 unspecified atom stereocenters. The number of carbonyl (C=O) groups is 1. The molecule has 0 amide bonds. The fourth-order valence-electron chi connectivity index (χ4n) is 4.19. The highest BCUT2D eigenvalue weighted by Crippen LogP contribution is 2.31. The van der Waals surface area contributed by atoms with Crippen molar-refractivity contribution in [3.05, 3.63) is 23.8 Å². The van der Waals surface area contributed by atoms with Crippen LogP contribution in [0, 0.1) is 0 Å². The second-order valence-corrected chi connectivity index (χ2v) is 9.22. The number of hydrogen-bond acceptors (Lipinski definition) is 4. The molecule has 2 saturated carbocycles. The quantitative estimate of drug-likeness (QED) is 0.610. The average molecular weight is 373 g/mol. The number of esters is 1. The second-order valence-electron chi connectivity index (χ2n) is 9.22. The largest absolute Gasteiger partial charge is 0.456 e. The Hall–Kier alpha value is -1.71. The van der Waals surface area contributed by atoms with Crippen molar-refractivity contribution >= 4 is 17.3 Å². The van der Waals surface area contributed by atoms with Crippen molar-refractivity contribution < 1.29 is 9.53 Å². The lowest BCUT2D eigenvalue weighted by molar-refractivity contribution is 0.00696. The van der Waals surface area contributed by atoms with E-state index in [1.165, 1.54) is 64.2 Å². The summed E-state index contributed by atoms with van der Waals surface area (Å²) in [4.78, 5) is 12.5. The highest BCUT2D eigenvalue weighted by molar-refractivity contribution is 5.92. The zero-order valence-electron chi connectivity index (χ0n) is 17.3. The maximum atomic E-state index is 12.5. The average Bonchev–Trinajstić information content (AvgIpc) is 2.63. The Labute approximate surface area is 164 Å². The van der Waals surface area contributed by atoms with E-state index >= 15 is 0 Å². The van der Waals surface area contributed by atoms with Gasteiger partial charge in [-0.3, -0.25) is 0 Å². The van der Waals surface area contributed by atoms with E-state index in [2.05, 4.69) is 16.7 Å². The van der Waals surface area contributed by atoms with Gasteiger partial charge in [0.2, 0.25) is 0 Å². The molecule has 150 valence electrons. The van der Waals surface area contributed by atoms with Crippen LogP contribution in [0.4, 0.5) is 11.4 Å². The first-order valence-corrected chi connectivity index (χ1v) is 10.8. The lowest BCUT2D eigenvalue weighted by Gasteiger charge is -2.29. The molecule has 1 aromatic carbocycles. The molecule has 2 aliphatic rings. The molecule has 27 heavy (non-hydrogen) atoms. The molecule has 0 saturated heterocycles. The number of benzene rings is 1. The van der Waals surface area contributed by atoms with Gasteiger partial charge in [0.05, 0.1) is 16.9 Å². The van der Waals surface area contributed by atoms with E-state index < -0.39 is 5.60 Å². The summed E-state index contributed by atoms with van der Waals surface area (Å²) < 4.78 is 5.57. The third-order valence-corrected chi connectivity index (χ3v) is 5.58. The number of rotatable bonds is 5. The zero-order valence-corrected chi connectivity index (χ0v) is 17.3. The van der Waals surface area contributed by atoms with Gasteiger partial charge in [-0.05, 0) is 64.7 Å². The highest BCUT2D eigenvalue weighted by atomic mass is 16.6. The third-order valence-electron chi connectivity index (χ3n) is 5.58. The third kappa shape index (κ3) is 6.15. The van der Waals surface area contributed by atoms with E-state index in [9.17, 15) is 4.79 Å². The number of ether oxygens (including phenoxy) is 1. The van der Waals surface area contributed by atoms with Gasteiger partial charge in [0.1, 0.15) is 5.60 Å². The van der Waals surface area contributed by atoms with Gasteiger partial charge in [0, 0.05) is 12.1 Å². The summed E-state index contributed by atoms with van der Waals surface area (Å²) >= 11 is 0. The standard InChI is InChI=1S/C23H36N2O2/c1-23(2,3)27-22(26)17-14-15-20(24-18-10-6-4-7-11-18)21(16-17)25-19-12-8-5-9-13-19/h14-16,18-19,24-25H,4-13H2,1-3H3. The lowest BCUT2D eigenvalue weighted by atomic mass is 9.94. The van der Waals surface area contributed by atoms with Gasteiger partial charge < -0.3 is 15.4 Å². The highest BCUT2D eigenvalue weighted by Gasteiger charge is 2.21. The summed E-state index contributed by atoms with van der Waals surface area (Å²) in [6.07, 6.45) is 12.8. The van der Waals surface area contributed by atoms with Crippen LogP contribution in [-0.2, 0) is 4.74 Å². The summed E-state index contributed by atoms with van der Waals surface area (Å²) in [7, 11) is 0. The fraction of sp³-hybridized carbons (Fsp3) is 0.696. The van der Waals surface area contributed by atoms with Crippen LogP contribution in [0.2, 0.25) is 0 Å². The van der Waals surface area contributed by atoms with Crippen molar-refractivity contribution in [2.75, 3.05) is 10.6 Å². The van der Waals surface area contributed by atoms with E-state index in [0.717, 1.165) is 11.4 Å². The van der Waals surface area contributed by atoms with Crippen LogP contribution in [0.25, 0.3) is 0 Å². The molecule has 2 N–H and O–H groups in total. The van der Waals surface area contributed by atoms with Gasteiger partial charge in [-0.25, -0.2) is 4.79 Å². The molecule has 2 fully saturated rings. The maximum Gasteiger partial charge on any atom is 0.338 e. The zero-order chi connectivity index (χ0) is 19.3. The van der Waals surface area contributed by atoms with E-state index in [1.807, 2.05) is 32.9 Å². The molecule has 2 aliphatic carbocycles. The normalized spacial score (nSPS) is 19.5.